The third-order valence-electron chi connectivity index (χ3n) is 5.58. The molecule has 3 nitrogen and oxygen atoms in total. The van der Waals surface area contributed by atoms with Crippen LogP contribution in [-0.2, 0) is 4.79 Å². The molecule has 122 valence electrons. The highest BCUT2D eigenvalue weighted by Crippen LogP contribution is 2.37. The summed E-state index contributed by atoms with van der Waals surface area (Å²) in [5, 5.41) is 13.5. The Balaban J connectivity index is 1.79. The molecule has 2 aliphatic carbocycles. The summed E-state index contributed by atoms with van der Waals surface area (Å²) in [5.74, 6) is 0.817. The van der Waals surface area contributed by atoms with Gasteiger partial charge in [-0.2, -0.15) is 0 Å². The predicted octanol–water partition coefficient (Wildman–Crippen LogP) is 3.79. The van der Waals surface area contributed by atoms with Crippen molar-refractivity contribution in [1.29, 1.82) is 0 Å². The Morgan fingerprint density at radius 3 is 2.38 bits per heavy atom. The monoisotopic (exact) mass is 295 g/mol. The van der Waals surface area contributed by atoms with Gasteiger partial charge in [-0.1, -0.05) is 40.0 Å². The summed E-state index contributed by atoms with van der Waals surface area (Å²) in [6.07, 6.45) is 9.86. The van der Waals surface area contributed by atoms with Gasteiger partial charge < -0.3 is 10.4 Å². The number of aliphatic hydroxyl groups is 1. The lowest BCUT2D eigenvalue weighted by Crippen LogP contribution is -2.39. The molecule has 2 rings (SSSR count). The molecule has 0 bridgehead atoms. The van der Waals surface area contributed by atoms with Crippen LogP contribution in [0.2, 0.25) is 0 Å². The molecule has 2 atom stereocenters. The van der Waals surface area contributed by atoms with Gasteiger partial charge in [-0.15, -0.1) is 0 Å². The van der Waals surface area contributed by atoms with Crippen molar-refractivity contribution in [2.75, 3.05) is 0 Å². The van der Waals surface area contributed by atoms with Crippen molar-refractivity contribution in [3.63, 3.8) is 0 Å². The summed E-state index contributed by atoms with van der Waals surface area (Å²) in [4.78, 5) is 12.2. The van der Waals surface area contributed by atoms with Gasteiger partial charge in [-0.05, 0) is 49.9 Å². The smallest absolute Gasteiger partial charge is 0.223 e. The van der Waals surface area contributed by atoms with E-state index in [2.05, 4.69) is 26.1 Å². The van der Waals surface area contributed by atoms with Crippen LogP contribution in [0.25, 0.3) is 0 Å². The maximum absolute atomic E-state index is 12.2. The number of nitrogens with one attached hydrogen (secondary N) is 1. The summed E-state index contributed by atoms with van der Waals surface area (Å²) in [5.41, 5.74) is -0.347. The molecule has 0 saturated heterocycles. The molecule has 1 amide bonds. The van der Waals surface area contributed by atoms with E-state index in [1.807, 2.05) is 0 Å². The molecule has 2 aliphatic rings. The first-order valence-electron chi connectivity index (χ1n) is 8.80. The third kappa shape index (κ3) is 4.98. The normalized spacial score (nSPS) is 29.9. The van der Waals surface area contributed by atoms with Crippen LogP contribution >= 0.6 is 0 Å². The SMILES string of the molecule is CC(C)(C)[C@H]1CCC[C@H](NC(=O)CC2(O)CCCC2)CC1. The molecular weight excluding hydrogens is 262 g/mol. The first-order chi connectivity index (χ1) is 9.78. The van der Waals surface area contributed by atoms with Crippen molar-refractivity contribution < 1.29 is 9.90 Å². The number of rotatable bonds is 3. The molecule has 2 saturated carbocycles. The van der Waals surface area contributed by atoms with E-state index in [-0.39, 0.29) is 5.91 Å². The standard InChI is InChI=1S/C18H33NO2/c1-17(2,3)14-7-6-8-15(10-9-14)19-16(20)13-18(21)11-4-5-12-18/h14-15,21H,4-13H2,1-3H3,(H,19,20)/t14-,15-/m0/s1. The molecule has 0 spiro atoms. The molecule has 0 radical (unpaired) electrons. The zero-order valence-corrected chi connectivity index (χ0v) is 14.1. The minimum absolute atomic E-state index is 0.0543. The fourth-order valence-electron chi connectivity index (χ4n) is 4.10. The predicted molar refractivity (Wildman–Crippen MR) is 86.0 cm³/mol. The molecular formula is C18H33NO2. The van der Waals surface area contributed by atoms with E-state index in [0.717, 1.165) is 44.4 Å². The van der Waals surface area contributed by atoms with Crippen molar-refractivity contribution >= 4 is 5.91 Å². The molecule has 0 aromatic rings. The van der Waals surface area contributed by atoms with Crippen LogP contribution in [-0.4, -0.2) is 22.7 Å². The molecule has 0 unspecified atom stereocenters. The fourth-order valence-corrected chi connectivity index (χ4v) is 4.10. The second-order valence-corrected chi connectivity index (χ2v) is 8.44. The number of carbonyl (C=O) groups excluding carboxylic acids is 1. The number of hydrogen-bond donors (Lipinski definition) is 2. The molecule has 2 N–H and O–H groups in total. The number of carbonyl (C=O) groups is 1. The van der Waals surface area contributed by atoms with Gasteiger partial charge >= 0.3 is 0 Å². The molecule has 0 heterocycles. The average Bonchev–Trinajstić information content (AvgIpc) is 2.63. The zero-order chi connectivity index (χ0) is 15.5. The van der Waals surface area contributed by atoms with Gasteiger partial charge in [-0.3, -0.25) is 4.79 Å². The summed E-state index contributed by atoms with van der Waals surface area (Å²) in [6.45, 7) is 6.98. The summed E-state index contributed by atoms with van der Waals surface area (Å²) >= 11 is 0. The lowest BCUT2D eigenvalue weighted by Gasteiger charge is -2.29. The second kappa shape index (κ2) is 6.68. The highest BCUT2D eigenvalue weighted by atomic mass is 16.3. The van der Waals surface area contributed by atoms with Gasteiger partial charge in [0.2, 0.25) is 5.91 Å². The Morgan fingerprint density at radius 2 is 1.76 bits per heavy atom. The van der Waals surface area contributed by atoms with E-state index < -0.39 is 5.60 Å². The minimum Gasteiger partial charge on any atom is -0.389 e. The number of amides is 1. The summed E-state index contributed by atoms with van der Waals surface area (Å²) in [6, 6.07) is 0.315. The van der Waals surface area contributed by atoms with E-state index in [1.165, 1.54) is 19.3 Å². The first kappa shape index (κ1) is 16.8. The van der Waals surface area contributed by atoms with E-state index in [9.17, 15) is 9.90 Å². The molecule has 0 aromatic carbocycles. The van der Waals surface area contributed by atoms with Crippen molar-refractivity contribution in [1.82, 2.24) is 5.32 Å². The van der Waals surface area contributed by atoms with Gasteiger partial charge in [0.25, 0.3) is 0 Å². The van der Waals surface area contributed by atoms with Crippen LogP contribution in [0.4, 0.5) is 0 Å². The van der Waals surface area contributed by atoms with Crippen molar-refractivity contribution in [3.05, 3.63) is 0 Å². The maximum atomic E-state index is 12.2. The third-order valence-corrected chi connectivity index (χ3v) is 5.58. The first-order valence-corrected chi connectivity index (χ1v) is 8.80. The largest absolute Gasteiger partial charge is 0.389 e. The van der Waals surface area contributed by atoms with E-state index in [4.69, 9.17) is 0 Å². The van der Waals surface area contributed by atoms with Gasteiger partial charge in [0.15, 0.2) is 0 Å². The Hall–Kier alpha value is -0.570. The van der Waals surface area contributed by atoms with E-state index in [0.29, 0.717) is 17.9 Å². The number of hydrogen-bond acceptors (Lipinski definition) is 2. The maximum Gasteiger partial charge on any atom is 0.223 e. The van der Waals surface area contributed by atoms with Gasteiger partial charge in [0.1, 0.15) is 0 Å². The van der Waals surface area contributed by atoms with E-state index in [1.54, 1.807) is 0 Å². The quantitative estimate of drug-likeness (QED) is 0.778. The molecule has 0 aliphatic heterocycles. The van der Waals surface area contributed by atoms with E-state index >= 15 is 0 Å². The van der Waals surface area contributed by atoms with Crippen LogP contribution in [0.3, 0.4) is 0 Å². The van der Waals surface area contributed by atoms with Crippen LogP contribution in [0, 0.1) is 11.3 Å². The highest BCUT2D eigenvalue weighted by molar-refractivity contribution is 5.77. The highest BCUT2D eigenvalue weighted by Gasteiger charge is 2.34. The van der Waals surface area contributed by atoms with Crippen LogP contribution < -0.4 is 5.32 Å². The Labute approximate surface area is 129 Å². The Kier molecular flexibility index (Phi) is 5.34. The lowest BCUT2D eigenvalue weighted by molar-refractivity contribution is -0.126. The lowest BCUT2D eigenvalue weighted by atomic mass is 9.76. The van der Waals surface area contributed by atoms with Crippen LogP contribution in [0.5, 0.6) is 0 Å². The van der Waals surface area contributed by atoms with Crippen molar-refractivity contribution in [2.24, 2.45) is 11.3 Å². The molecule has 21 heavy (non-hydrogen) atoms. The second-order valence-electron chi connectivity index (χ2n) is 8.44. The van der Waals surface area contributed by atoms with Gasteiger partial charge in [0, 0.05) is 6.04 Å². The zero-order valence-electron chi connectivity index (χ0n) is 14.1. The topological polar surface area (TPSA) is 49.3 Å². The minimum atomic E-state index is -0.719. The molecule has 0 aromatic heterocycles. The summed E-state index contributed by atoms with van der Waals surface area (Å²) in [7, 11) is 0. The average molecular weight is 295 g/mol. The molecule has 2 fully saturated rings. The van der Waals surface area contributed by atoms with Crippen LogP contribution in [0.1, 0.15) is 85.0 Å². The van der Waals surface area contributed by atoms with Gasteiger partial charge in [0.05, 0.1) is 12.0 Å². The molecule has 3 heteroatoms. The van der Waals surface area contributed by atoms with Crippen LogP contribution in [0.15, 0.2) is 0 Å². The summed E-state index contributed by atoms with van der Waals surface area (Å²) < 4.78 is 0. The van der Waals surface area contributed by atoms with Gasteiger partial charge in [-0.25, -0.2) is 0 Å². The Morgan fingerprint density at radius 1 is 1.10 bits per heavy atom. The van der Waals surface area contributed by atoms with Crippen molar-refractivity contribution in [3.8, 4) is 0 Å². The Bertz CT molecular complexity index is 353. The fraction of sp³-hybridized carbons (Fsp3) is 0.944. The van der Waals surface area contributed by atoms with Crippen molar-refractivity contribution in [2.45, 2.75) is 96.6 Å².